The number of carbonyl (C=O) groups is 2. The maximum Gasteiger partial charge on any atom is 0.255 e. The molecule has 0 bridgehead atoms. The van der Waals surface area contributed by atoms with Crippen molar-refractivity contribution in [3.63, 3.8) is 0 Å². The molecule has 0 heterocycles. The van der Waals surface area contributed by atoms with Crippen molar-refractivity contribution < 1.29 is 9.59 Å². The van der Waals surface area contributed by atoms with Gasteiger partial charge in [-0.15, -0.1) is 0 Å². The van der Waals surface area contributed by atoms with E-state index in [-0.39, 0.29) is 11.8 Å². The second kappa shape index (κ2) is 8.83. The highest BCUT2D eigenvalue weighted by Crippen LogP contribution is 2.23. The Morgan fingerprint density at radius 3 is 2.27 bits per heavy atom. The molecule has 138 valence electrons. The fraction of sp³-hybridized carbons (Fsp3) is 0.300. The van der Waals surface area contributed by atoms with E-state index in [2.05, 4.69) is 5.32 Å². The first-order valence-electron chi connectivity index (χ1n) is 8.59. The van der Waals surface area contributed by atoms with Gasteiger partial charge in [0, 0.05) is 18.8 Å². The van der Waals surface area contributed by atoms with Crippen LogP contribution in [0.1, 0.15) is 41.4 Å². The Labute approximate surface area is 159 Å². The van der Waals surface area contributed by atoms with Gasteiger partial charge < -0.3 is 16.0 Å². The van der Waals surface area contributed by atoms with E-state index < -0.39 is 6.04 Å². The summed E-state index contributed by atoms with van der Waals surface area (Å²) in [4.78, 5) is 26.5. The fourth-order valence-corrected chi connectivity index (χ4v) is 2.85. The summed E-state index contributed by atoms with van der Waals surface area (Å²) in [6, 6.07) is 11.5. The molecule has 5 nitrogen and oxygen atoms in total. The quantitative estimate of drug-likeness (QED) is 0.809. The molecule has 0 radical (unpaired) electrons. The third kappa shape index (κ3) is 4.62. The fourth-order valence-electron chi connectivity index (χ4n) is 2.59. The second-order valence-corrected chi connectivity index (χ2v) is 6.46. The van der Waals surface area contributed by atoms with Gasteiger partial charge in [-0.2, -0.15) is 0 Å². The van der Waals surface area contributed by atoms with Gasteiger partial charge in [0.25, 0.3) is 5.91 Å². The molecule has 0 aliphatic rings. The van der Waals surface area contributed by atoms with Crippen LogP contribution in [0.4, 0.5) is 5.69 Å². The minimum Gasteiger partial charge on any atom is -0.339 e. The molecule has 26 heavy (non-hydrogen) atoms. The van der Waals surface area contributed by atoms with Crippen molar-refractivity contribution in [3.8, 4) is 0 Å². The molecule has 0 spiro atoms. The summed E-state index contributed by atoms with van der Waals surface area (Å²) in [6.45, 7) is 7.01. The highest BCUT2D eigenvalue weighted by molar-refractivity contribution is 6.34. The number of hydrogen-bond donors (Lipinski definition) is 2. The van der Waals surface area contributed by atoms with Crippen molar-refractivity contribution in [2.45, 2.75) is 26.8 Å². The number of halogens is 1. The number of nitrogens with one attached hydrogen (secondary N) is 1. The number of aryl methyl sites for hydroxylation is 1. The van der Waals surface area contributed by atoms with Crippen molar-refractivity contribution in [3.05, 3.63) is 64.2 Å². The van der Waals surface area contributed by atoms with Crippen molar-refractivity contribution in [1.29, 1.82) is 0 Å². The van der Waals surface area contributed by atoms with Gasteiger partial charge in [0.15, 0.2) is 0 Å². The smallest absolute Gasteiger partial charge is 0.255 e. The first kappa shape index (κ1) is 19.9. The molecule has 2 amide bonds. The highest BCUT2D eigenvalue weighted by atomic mass is 35.5. The number of benzene rings is 2. The summed E-state index contributed by atoms with van der Waals surface area (Å²) in [6.07, 6.45) is 0. The van der Waals surface area contributed by atoms with Gasteiger partial charge in [-0.3, -0.25) is 9.59 Å². The van der Waals surface area contributed by atoms with Crippen LogP contribution in [-0.2, 0) is 4.79 Å². The second-order valence-electron chi connectivity index (χ2n) is 6.05. The standard InChI is InChI=1S/C20H24ClN3O2/c1-4-24(5-2)20(26)16-11-10-15(12-17(16)21)23-19(25)18(22)14-8-6-13(3)7-9-14/h6-12,18H,4-5,22H2,1-3H3,(H,23,25). The lowest BCUT2D eigenvalue weighted by Crippen LogP contribution is -2.30. The lowest BCUT2D eigenvalue weighted by molar-refractivity contribution is -0.117. The Morgan fingerprint density at radius 2 is 1.73 bits per heavy atom. The Bertz CT molecular complexity index is 786. The van der Waals surface area contributed by atoms with E-state index in [1.54, 1.807) is 23.1 Å². The predicted octanol–water partition coefficient (Wildman–Crippen LogP) is 3.77. The maximum absolute atomic E-state index is 12.4. The third-order valence-corrected chi connectivity index (χ3v) is 4.55. The zero-order valence-electron chi connectivity index (χ0n) is 15.3. The van der Waals surface area contributed by atoms with Crippen LogP contribution in [0.15, 0.2) is 42.5 Å². The summed E-state index contributed by atoms with van der Waals surface area (Å²) in [7, 11) is 0. The number of amides is 2. The molecule has 2 aromatic carbocycles. The van der Waals surface area contributed by atoms with Crippen molar-refractivity contribution >= 4 is 29.1 Å². The zero-order chi connectivity index (χ0) is 19.3. The van der Waals surface area contributed by atoms with Gasteiger partial charge in [-0.05, 0) is 44.5 Å². The number of rotatable bonds is 6. The van der Waals surface area contributed by atoms with Crippen molar-refractivity contribution in [2.24, 2.45) is 5.73 Å². The van der Waals surface area contributed by atoms with E-state index in [1.807, 2.05) is 45.0 Å². The first-order chi connectivity index (χ1) is 12.4. The van der Waals surface area contributed by atoms with Crippen LogP contribution in [0.3, 0.4) is 0 Å². The average molecular weight is 374 g/mol. The number of nitrogens with two attached hydrogens (primary N) is 1. The lowest BCUT2D eigenvalue weighted by Gasteiger charge is -2.19. The molecular formula is C20H24ClN3O2. The Balaban J connectivity index is 2.12. The van der Waals surface area contributed by atoms with E-state index in [0.29, 0.717) is 29.4 Å². The molecule has 0 saturated carbocycles. The summed E-state index contributed by atoms with van der Waals surface area (Å²) in [5.41, 5.74) is 8.76. The van der Waals surface area contributed by atoms with E-state index >= 15 is 0 Å². The summed E-state index contributed by atoms with van der Waals surface area (Å²) >= 11 is 6.25. The van der Waals surface area contributed by atoms with Crippen LogP contribution >= 0.6 is 11.6 Å². The van der Waals surface area contributed by atoms with E-state index in [0.717, 1.165) is 11.1 Å². The number of carbonyl (C=O) groups excluding carboxylic acids is 2. The lowest BCUT2D eigenvalue weighted by atomic mass is 10.1. The van der Waals surface area contributed by atoms with Crippen LogP contribution in [0.2, 0.25) is 5.02 Å². The topological polar surface area (TPSA) is 75.4 Å². The van der Waals surface area contributed by atoms with Gasteiger partial charge in [0.1, 0.15) is 6.04 Å². The molecule has 2 rings (SSSR count). The summed E-state index contributed by atoms with van der Waals surface area (Å²) in [5.74, 6) is -0.470. The van der Waals surface area contributed by atoms with Crippen LogP contribution in [0, 0.1) is 6.92 Å². The zero-order valence-corrected chi connectivity index (χ0v) is 16.0. The molecule has 3 N–H and O–H groups in total. The van der Waals surface area contributed by atoms with Crippen LogP contribution < -0.4 is 11.1 Å². The molecule has 2 aromatic rings. The minimum absolute atomic E-state index is 0.130. The van der Waals surface area contributed by atoms with Crippen LogP contribution in [0.25, 0.3) is 0 Å². The Hall–Kier alpha value is -2.37. The molecule has 0 aromatic heterocycles. The number of hydrogen-bond acceptors (Lipinski definition) is 3. The largest absolute Gasteiger partial charge is 0.339 e. The minimum atomic E-state index is -0.786. The monoisotopic (exact) mass is 373 g/mol. The summed E-state index contributed by atoms with van der Waals surface area (Å²) < 4.78 is 0. The third-order valence-electron chi connectivity index (χ3n) is 4.24. The predicted molar refractivity (Wildman–Crippen MR) is 105 cm³/mol. The molecule has 0 aliphatic carbocycles. The van der Waals surface area contributed by atoms with Gasteiger partial charge in [0.2, 0.25) is 5.91 Å². The van der Waals surface area contributed by atoms with Gasteiger partial charge in [-0.25, -0.2) is 0 Å². The van der Waals surface area contributed by atoms with Gasteiger partial charge >= 0.3 is 0 Å². The van der Waals surface area contributed by atoms with E-state index in [4.69, 9.17) is 17.3 Å². The Morgan fingerprint density at radius 1 is 1.12 bits per heavy atom. The van der Waals surface area contributed by atoms with E-state index in [9.17, 15) is 9.59 Å². The maximum atomic E-state index is 12.4. The SMILES string of the molecule is CCN(CC)C(=O)c1ccc(NC(=O)C(N)c2ccc(C)cc2)cc1Cl. The molecule has 0 aliphatic heterocycles. The summed E-state index contributed by atoms with van der Waals surface area (Å²) in [5, 5.41) is 3.04. The Kier molecular flexibility index (Phi) is 6.77. The van der Waals surface area contributed by atoms with Crippen molar-refractivity contribution in [1.82, 2.24) is 4.90 Å². The molecule has 1 atom stereocenters. The van der Waals surface area contributed by atoms with Gasteiger partial charge in [0.05, 0.1) is 10.6 Å². The van der Waals surface area contributed by atoms with Gasteiger partial charge in [-0.1, -0.05) is 41.4 Å². The van der Waals surface area contributed by atoms with Crippen molar-refractivity contribution in [2.75, 3.05) is 18.4 Å². The molecule has 0 saturated heterocycles. The average Bonchev–Trinajstić information content (AvgIpc) is 2.62. The molecule has 0 fully saturated rings. The number of nitrogens with zero attached hydrogens (tertiary/aromatic N) is 1. The molecule has 1 unspecified atom stereocenters. The molecule has 6 heteroatoms. The highest BCUT2D eigenvalue weighted by Gasteiger charge is 2.19. The molecular weight excluding hydrogens is 350 g/mol. The number of anilines is 1. The first-order valence-corrected chi connectivity index (χ1v) is 8.97. The normalized spacial score (nSPS) is 11.7. The van der Waals surface area contributed by atoms with Crippen LogP contribution in [-0.4, -0.2) is 29.8 Å². The van der Waals surface area contributed by atoms with Crippen LogP contribution in [0.5, 0.6) is 0 Å². The van der Waals surface area contributed by atoms with E-state index in [1.165, 1.54) is 0 Å².